The minimum atomic E-state index is -4.77. The van der Waals surface area contributed by atoms with Crippen molar-refractivity contribution in [1.82, 2.24) is 0 Å². The fraction of sp³-hybridized carbons (Fsp3) is 0.278. The summed E-state index contributed by atoms with van der Waals surface area (Å²) in [6, 6.07) is 8.81. The molecule has 27 heavy (non-hydrogen) atoms. The summed E-state index contributed by atoms with van der Waals surface area (Å²) < 4.78 is 63.6. The second kappa shape index (κ2) is 6.56. The Labute approximate surface area is 153 Å². The van der Waals surface area contributed by atoms with Crippen LogP contribution in [-0.4, -0.2) is 25.7 Å². The molecule has 9 heteroatoms. The van der Waals surface area contributed by atoms with Crippen molar-refractivity contribution in [1.29, 1.82) is 0 Å². The molecule has 0 saturated heterocycles. The number of alkyl halides is 3. The number of aliphatic carboxylic acids is 1. The van der Waals surface area contributed by atoms with Crippen LogP contribution in [0.3, 0.4) is 0 Å². The summed E-state index contributed by atoms with van der Waals surface area (Å²) in [5.74, 6) is -1.86. The molecule has 0 unspecified atom stereocenters. The predicted octanol–water partition coefficient (Wildman–Crippen LogP) is 3.83. The molecular formula is C18H16F3NO4S. The highest BCUT2D eigenvalue weighted by atomic mass is 32.2. The quantitative estimate of drug-likeness (QED) is 0.816. The van der Waals surface area contributed by atoms with Gasteiger partial charge in [0.1, 0.15) is 0 Å². The van der Waals surface area contributed by atoms with Crippen LogP contribution in [-0.2, 0) is 20.8 Å². The van der Waals surface area contributed by atoms with E-state index in [-0.39, 0.29) is 12.1 Å². The number of rotatable bonds is 4. The molecule has 0 aromatic heterocycles. The summed E-state index contributed by atoms with van der Waals surface area (Å²) >= 11 is 0. The van der Waals surface area contributed by atoms with E-state index in [2.05, 4.69) is 5.32 Å². The van der Waals surface area contributed by atoms with Gasteiger partial charge in [0.2, 0.25) is 0 Å². The van der Waals surface area contributed by atoms with Gasteiger partial charge >= 0.3 is 12.1 Å². The van der Waals surface area contributed by atoms with E-state index in [0.29, 0.717) is 17.2 Å². The SMILES string of the molecule is CS(=O)(=O)c1ccc(N[C@@H]2C[C@H](C(=O)O)c3ccccc32)c(C(F)(F)F)c1. The smallest absolute Gasteiger partial charge is 0.418 e. The summed E-state index contributed by atoms with van der Waals surface area (Å²) in [5, 5.41) is 12.1. The van der Waals surface area contributed by atoms with Crippen LogP contribution in [0.1, 0.15) is 35.1 Å². The largest absolute Gasteiger partial charge is 0.481 e. The number of benzene rings is 2. The first kappa shape index (κ1) is 19.2. The van der Waals surface area contributed by atoms with Gasteiger partial charge in [0.15, 0.2) is 9.84 Å². The van der Waals surface area contributed by atoms with Crippen molar-refractivity contribution in [3.63, 3.8) is 0 Å². The van der Waals surface area contributed by atoms with Crippen LogP contribution < -0.4 is 5.32 Å². The summed E-state index contributed by atoms with van der Waals surface area (Å²) in [7, 11) is -3.80. The molecule has 0 radical (unpaired) electrons. The fourth-order valence-electron chi connectivity index (χ4n) is 3.31. The van der Waals surface area contributed by atoms with Crippen molar-refractivity contribution in [2.75, 3.05) is 11.6 Å². The Morgan fingerprint density at radius 2 is 1.78 bits per heavy atom. The molecule has 0 saturated carbocycles. The van der Waals surface area contributed by atoms with Crippen molar-refractivity contribution in [2.45, 2.75) is 29.5 Å². The number of sulfone groups is 1. The zero-order chi connectivity index (χ0) is 20.0. The Hall–Kier alpha value is -2.55. The second-order valence-corrected chi connectivity index (χ2v) is 8.45. The number of carboxylic acids is 1. The maximum absolute atomic E-state index is 13.5. The molecule has 1 aliphatic carbocycles. The number of fused-ring (bicyclic) bond motifs is 1. The third-order valence-corrected chi connectivity index (χ3v) is 5.68. The topological polar surface area (TPSA) is 83.5 Å². The van der Waals surface area contributed by atoms with Crippen molar-refractivity contribution < 1.29 is 31.5 Å². The van der Waals surface area contributed by atoms with E-state index < -0.39 is 44.4 Å². The van der Waals surface area contributed by atoms with Gasteiger partial charge < -0.3 is 10.4 Å². The van der Waals surface area contributed by atoms with E-state index in [0.717, 1.165) is 18.4 Å². The van der Waals surface area contributed by atoms with E-state index in [1.165, 1.54) is 0 Å². The lowest BCUT2D eigenvalue weighted by atomic mass is 10.0. The van der Waals surface area contributed by atoms with Crippen LogP contribution in [0.25, 0.3) is 0 Å². The number of hydrogen-bond acceptors (Lipinski definition) is 4. The van der Waals surface area contributed by atoms with Gasteiger partial charge in [0.05, 0.1) is 22.4 Å². The second-order valence-electron chi connectivity index (χ2n) is 6.43. The van der Waals surface area contributed by atoms with Gasteiger partial charge in [-0.15, -0.1) is 0 Å². The number of hydrogen-bond donors (Lipinski definition) is 2. The summed E-state index contributed by atoms with van der Waals surface area (Å²) in [5.41, 5.74) is -0.226. The third-order valence-electron chi connectivity index (χ3n) is 4.57. The van der Waals surface area contributed by atoms with Crippen LogP contribution in [0, 0.1) is 0 Å². The molecule has 0 heterocycles. The summed E-state index contributed by atoms with van der Waals surface area (Å²) in [4.78, 5) is 11.0. The van der Waals surface area contributed by atoms with Gasteiger partial charge in [0, 0.05) is 11.9 Å². The van der Waals surface area contributed by atoms with Crippen LogP contribution in [0.5, 0.6) is 0 Å². The number of carbonyl (C=O) groups is 1. The first-order valence-corrected chi connectivity index (χ1v) is 9.87. The molecular weight excluding hydrogens is 383 g/mol. The van der Waals surface area contributed by atoms with E-state index in [1.54, 1.807) is 24.3 Å². The summed E-state index contributed by atoms with van der Waals surface area (Å²) in [6.45, 7) is 0. The average Bonchev–Trinajstić information content (AvgIpc) is 2.92. The van der Waals surface area contributed by atoms with Gasteiger partial charge in [-0.3, -0.25) is 4.79 Å². The van der Waals surface area contributed by atoms with Crippen LogP contribution in [0.15, 0.2) is 47.4 Å². The van der Waals surface area contributed by atoms with Gasteiger partial charge in [-0.2, -0.15) is 13.2 Å². The molecule has 3 rings (SSSR count). The molecule has 5 nitrogen and oxygen atoms in total. The lowest BCUT2D eigenvalue weighted by molar-refractivity contribution is -0.139. The van der Waals surface area contributed by atoms with Crippen LogP contribution in [0.4, 0.5) is 18.9 Å². The van der Waals surface area contributed by atoms with Crippen LogP contribution >= 0.6 is 0 Å². The summed E-state index contributed by atoms with van der Waals surface area (Å²) in [6.07, 6.45) is -3.84. The molecule has 0 spiro atoms. The molecule has 2 aromatic carbocycles. The predicted molar refractivity (Wildman–Crippen MR) is 92.4 cm³/mol. The molecule has 0 bridgehead atoms. The van der Waals surface area contributed by atoms with Gasteiger partial charge in [-0.25, -0.2) is 8.42 Å². The molecule has 2 aromatic rings. The molecule has 1 aliphatic rings. The van der Waals surface area contributed by atoms with E-state index >= 15 is 0 Å². The average molecular weight is 399 g/mol. The van der Waals surface area contributed by atoms with Crippen molar-refractivity contribution in [3.05, 3.63) is 59.2 Å². The van der Waals surface area contributed by atoms with E-state index in [9.17, 15) is 31.5 Å². The van der Waals surface area contributed by atoms with Gasteiger partial charge in [-0.05, 0) is 35.7 Å². The minimum Gasteiger partial charge on any atom is -0.481 e. The Kier molecular flexibility index (Phi) is 4.67. The van der Waals surface area contributed by atoms with Crippen molar-refractivity contribution in [2.24, 2.45) is 0 Å². The molecule has 2 atom stereocenters. The lowest BCUT2D eigenvalue weighted by Gasteiger charge is -2.20. The third kappa shape index (κ3) is 3.78. The normalized spacial score (nSPS) is 19.6. The maximum Gasteiger partial charge on any atom is 0.418 e. The van der Waals surface area contributed by atoms with Crippen molar-refractivity contribution in [3.8, 4) is 0 Å². The highest BCUT2D eigenvalue weighted by molar-refractivity contribution is 7.90. The molecule has 0 amide bonds. The number of nitrogens with one attached hydrogen (secondary N) is 1. The first-order chi connectivity index (χ1) is 12.5. The zero-order valence-corrected chi connectivity index (χ0v) is 14.9. The fourth-order valence-corrected chi connectivity index (χ4v) is 3.95. The van der Waals surface area contributed by atoms with Crippen LogP contribution in [0.2, 0.25) is 0 Å². The molecule has 144 valence electrons. The zero-order valence-electron chi connectivity index (χ0n) is 14.1. The number of halogens is 3. The lowest BCUT2D eigenvalue weighted by Crippen LogP contribution is -2.16. The number of carboxylic acid groups (broad SMARTS) is 1. The Morgan fingerprint density at radius 3 is 2.33 bits per heavy atom. The minimum absolute atomic E-state index is 0.0970. The molecule has 0 fully saturated rings. The Bertz CT molecular complexity index is 1000. The monoisotopic (exact) mass is 399 g/mol. The maximum atomic E-state index is 13.5. The molecule has 2 N–H and O–H groups in total. The first-order valence-electron chi connectivity index (χ1n) is 7.98. The number of anilines is 1. The van der Waals surface area contributed by atoms with Gasteiger partial charge in [0.25, 0.3) is 0 Å². The van der Waals surface area contributed by atoms with E-state index in [1.807, 2.05) is 0 Å². The highest BCUT2D eigenvalue weighted by Crippen LogP contribution is 2.44. The van der Waals surface area contributed by atoms with Gasteiger partial charge in [-0.1, -0.05) is 24.3 Å². The Balaban J connectivity index is 2.03. The van der Waals surface area contributed by atoms with Crippen molar-refractivity contribution >= 4 is 21.5 Å². The van der Waals surface area contributed by atoms with E-state index in [4.69, 9.17) is 0 Å². The Morgan fingerprint density at radius 1 is 1.15 bits per heavy atom. The molecule has 0 aliphatic heterocycles. The highest BCUT2D eigenvalue weighted by Gasteiger charge is 2.38. The standard InChI is InChI=1S/C18H16F3NO4S/c1-27(25,26)10-6-7-15(14(8-10)18(19,20)21)22-16-9-13(17(23)24)11-4-2-3-5-12(11)16/h2-8,13,16,22H,9H2,1H3,(H,23,24)/t13-,16+/m0/s1.